The lowest BCUT2D eigenvalue weighted by molar-refractivity contribution is -0.144. The summed E-state index contributed by atoms with van der Waals surface area (Å²) < 4.78 is 0. The molecule has 1 aromatic carbocycles. The molecular weight excluding hydrogens is 390 g/mol. The van der Waals surface area contributed by atoms with E-state index < -0.39 is 23.8 Å². The van der Waals surface area contributed by atoms with E-state index in [4.69, 9.17) is 12.2 Å². The number of barbiturate groups is 1. The van der Waals surface area contributed by atoms with E-state index in [0.717, 1.165) is 41.4 Å². The maximum atomic E-state index is 12.2. The lowest BCUT2D eigenvalue weighted by Gasteiger charge is -2.33. The van der Waals surface area contributed by atoms with E-state index >= 15 is 0 Å². The first kappa shape index (κ1) is 20.9. The Labute approximate surface area is 175 Å². The van der Waals surface area contributed by atoms with Crippen LogP contribution in [0.1, 0.15) is 12.8 Å². The summed E-state index contributed by atoms with van der Waals surface area (Å²) in [6, 6.07) is 9.22. The quantitative estimate of drug-likeness (QED) is 0.459. The van der Waals surface area contributed by atoms with E-state index in [-0.39, 0.29) is 0 Å². The monoisotopic (exact) mass is 415 g/mol. The van der Waals surface area contributed by atoms with Gasteiger partial charge >= 0.3 is 6.03 Å². The van der Waals surface area contributed by atoms with Crippen LogP contribution in [0.25, 0.3) is 0 Å². The Bertz CT molecular complexity index is 797. The van der Waals surface area contributed by atoms with Gasteiger partial charge < -0.3 is 10.2 Å². The molecule has 9 heteroatoms. The first-order valence-electron chi connectivity index (χ1n) is 9.58. The minimum atomic E-state index is -1.02. The second-order valence-electron chi connectivity index (χ2n) is 7.30. The molecule has 2 aliphatic rings. The highest BCUT2D eigenvalue weighted by Crippen LogP contribution is 2.19. The van der Waals surface area contributed by atoms with Gasteiger partial charge in [-0.1, -0.05) is 18.2 Å². The summed E-state index contributed by atoms with van der Waals surface area (Å²) in [5.74, 6) is -1.72. The molecule has 0 saturated carbocycles. The standard InChI is InChI=1S/C20H25N5O3S/c1-23-17(26)16(18(27)24(2)20(23)28)13-21-12-14-8-10-25(11-9-14)19(29)22-15-6-4-3-5-7-15/h3-7,13-14,16H,8-12H2,1-2H3,(H,22,29). The van der Waals surface area contributed by atoms with Crippen LogP contribution >= 0.6 is 12.2 Å². The van der Waals surface area contributed by atoms with Crippen molar-refractivity contribution in [3.8, 4) is 0 Å². The molecule has 2 heterocycles. The van der Waals surface area contributed by atoms with Crippen LogP contribution in [-0.4, -0.2) is 77.6 Å². The average Bonchev–Trinajstić information content (AvgIpc) is 2.74. The van der Waals surface area contributed by atoms with Gasteiger partial charge in [-0.25, -0.2) is 4.79 Å². The van der Waals surface area contributed by atoms with Gasteiger partial charge in [0.2, 0.25) is 11.8 Å². The number of aliphatic imine (C=N–C) groups is 1. The summed E-state index contributed by atoms with van der Waals surface area (Å²) >= 11 is 5.50. The number of urea groups is 1. The largest absolute Gasteiger partial charge is 0.349 e. The van der Waals surface area contributed by atoms with Gasteiger partial charge in [-0.3, -0.25) is 24.4 Å². The van der Waals surface area contributed by atoms with Gasteiger partial charge in [0.15, 0.2) is 11.0 Å². The molecule has 2 aliphatic heterocycles. The summed E-state index contributed by atoms with van der Waals surface area (Å²) in [6.07, 6.45) is 3.25. The van der Waals surface area contributed by atoms with Crippen LogP contribution in [0.15, 0.2) is 35.3 Å². The molecular formula is C20H25N5O3S. The summed E-state index contributed by atoms with van der Waals surface area (Å²) in [4.78, 5) is 44.5. The Morgan fingerprint density at radius 3 is 2.28 bits per heavy atom. The third-order valence-corrected chi connectivity index (χ3v) is 5.67. The Hall–Kier alpha value is -2.81. The number of carbonyl (C=O) groups is 3. The summed E-state index contributed by atoms with van der Waals surface area (Å²) in [7, 11) is 2.74. The van der Waals surface area contributed by atoms with Crippen molar-refractivity contribution in [2.24, 2.45) is 16.8 Å². The van der Waals surface area contributed by atoms with Crippen molar-refractivity contribution in [2.75, 3.05) is 39.0 Å². The highest BCUT2D eigenvalue weighted by atomic mass is 32.1. The predicted octanol–water partition coefficient (Wildman–Crippen LogP) is 1.83. The molecule has 1 N–H and O–H groups in total. The highest BCUT2D eigenvalue weighted by molar-refractivity contribution is 7.80. The number of imide groups is 2. The minimum Gasteiger partial charge on any atom is -0.349 e. The zero-order valence-electron chi connectivity index (χ0n) is 16.6. The van der Waals surface area contributed by atoms with Crippen LogP contribution in [0.3, 0.4) is 0 Å². The van der Waals surface area contributed by atoms with Crippen molar-refractivity contribution in [3.05, 3.63) is 30.3 Å². The zero-order valence-corrected chi connectivity index (χ0v) is 17.4. The van der Waals surface area contributed by atoms with E-state index in [2.05, 4.69) is 15.2 Å². The zero-order chi connectivity index (χ0) is 21.0. The Balaban J connectivity index is 1.47. The van der Waals surface area contributed by atoms with Crippen LogP contribution in [-0.2, 0) is 9.59 Å². The Morgan fingerprint density at radius 2 is 1.69 bits per heavy atom. The number of para-hydroxylation sites is 1. The molecule has 4 amide bonds. The molecule has 2 fully saturated rings. The second-order valence-corrected chi connectivity index (χ2v) is 7.68. The van der Waals surface area contributed by atoms with E-state index in [9.17, 15) is 14.4 Å². The lowest BCUT2D eigenvalue weighted by Crippen LogP contribution is -2.57. The van der Waals surface area contributed by atoms with E-state index in [1.807, 2.05) is 30.3 Å². The van der Waals surface area contributed by atoms with Gasteiger partial charge in [0, 0.05) is 45.6 Å². The maximum absolute atomic E-state index is 12.2. The first-order valence-corrected chi connectivity index (χ1v) is 9.99. The number of hydrogen-bond acceptors (Lipinski definition) is 5. The van der Waals surface area contributed by atoms with Crippen molar-refractivity contribution >= 4 is 47.1 Å². The number of anilines is 1. The molecule has 0 spiro atoms. The highest BCUT2D eigenvalue weighted by Gasteiger charge is 2.41. The SMILES string of the molecule is CN1C(=O)C(C=NCC2CCN(C(=S)Nc3ccccc3)CC2)C(=O)N(C)C1=O. The number of hydrogen-bond donors (Lipinski definition) is 1. The number of thiocarbonyl (C=S) groups is 1. The molecule has 0 bridgehead atoms. The lowest BCUT2D eigenvalue weighted by atomic mass is 9.97. The number of likely N-dealkylation sites (tertiary alicyclic amines) is 1. The van der Waals surface area contributed by atoms with Gasteiger partial charge in [0.25, 0.3) is 0 Å². The normalized spacial score (nSPS) is 19.4. The summed E-state index contributed by atoms with van der Waals surface area (Å²) in [5.41, 5.74) is 0.972. The number of amides is 4. The average molecular weight is 416 g/mol. The maximum Gasteiger partial charge on any atom is 0.332 e. The molecule has 0 atom stereocenters. The van der Waals surface area contributed by atoms with E-state index in [0.29, 0.717) is 17.6 Å². The third-order valence-electron chi connectivity index (χ3n) is 5.31. The van der Waals surface area contributed by atoms with Crippen LogP contribution in [0, 0.1) is 11.8 Å². The molecule has 0 unspecified atom stereocenters. The molecule has 29 heavy (non-hydrogen) atoms. The third kappa shape index (κ3) is 4.79. The topological polar surface area (TPSA) is 85.3 Å². The smallest absolute Gasteiger partial charge is 0.332 e. The fourth-order valence-corrected chi connectivity index (χ4v) is 3.72. The summed E-state index contributed by atoms with van der Waals surface area (Å²) in [5, 5.41) is 3.97. The number of nitrogens with one attached hydrogen (secondary N) is 1. The Morgan fingerprint density at radius 1 is 1.10 bits per heavy atom. The van der Waals surface area contributed by atoms with Crippen LogP contribution in [0.2, 0.25) is 0 Å². The molecule has 0 radical (unpaired) electrons. The van der Waals surface area contributed by atoms with Crippen LogP contribution in [0.4, 0.5) is 10.5 Å². The molecule has 0 aliphatic carbocycles. The van der Waals surface area contributed by atoms with Crippen molar-refractivity contribution in [1.82, 2.24) is 14.7 Å². The number of piperidine rings is 1. The molecule has 3 rings (SSSR count). The molecule has 0 aromatic heterocycles. The first-order chi connectivity index (χ1) is 13.9. The summed E-state index contributed by atoms with van der Waals surface area (Å²) in [6.45, 7) is 2.21. The van der Waals surface area contributed by atoms with Gasteiger partial charge in [0.1, 0.15) is 0 Å². The van der Waals surface area contributed by atoms with Crippen molar-refractivity contribution in [3.63, 3.8) is 0 Å². The van der Waals surface area contributed by atoms with E-state index in [1.165, 1.54) is 20.3 Å². The minimum absolute atomic E-state index is 0.368. The fourth-order valence-electron chi connectivity index (χ4n) is 3.42. The van der Waals surface area contributed by atoms with Gasteiger partial charge in [-0.2, -0.15) is 0 Å². The van der Waals surface area contributed by atoms with Crippen molar-refractivity contribution in [1.29, 1.82) is 0 Å². The number of nitrogens with zero attached hydrogens (tertiary/aromatic N) is 4. The van der Waals surface area contributed by atoms with Gasteiger partial charge in [-0.15, -0.1) is 0 Å². The molecule has 154 valence electrons. The number of rotatable bonds is 4. The van der Waals surface area contributed by atoms with Crippen molar-refractivity contribution in [2.45, 2.75) is 12.8 Å². The van der Waals surface area contributed by atoms with Crippen LogP contribution in [0.5, 0.6) is 0 Å². The van der Waals surface area contributed by atoms with Gasteiger partial charge in [0.05, 0.1) is 0 Å². The number of carbonyl (C=O) groups excluding carboxylic acids is 3. The molecule has 1 aromatic rings. The predicted molar refractivity (Wildman–Crippen MR) is 115 cm³/mol. The van der Waals surface area contributed by atoms with E-state index in [1.54, 1.807) is 0 Å². The second kappa shape index (κ2) is 9.13. The number of benzene rings is 1. The van der Waals surface area contributed by atoms with Crippen molar-refractivity contribution < 1.29 is 14.4 Å². The van der Waals surface area contributed by atoms with Crippen LogP contribution < -0.4 is 5.32 Å². The fraction of sp³-hybridized carbons (Fsp3) is 0.450. The Kier molecular flexibility index (Phi) is 6.58. The molecule has 8 nitrogen and oxygen atoms in total. The molecule has 2 saturated heterocycles. The van der Waals surface area contributed by atoms with Gasteiger partial charge in [-0.05, 0) is 43.1 Å².